The molecule has 1 fully saturated rings. The number of esters is 1. The fourth-order valence-corrected chi connectivity index (χ4v) is 2.09. The van der Waals surface area contributed by atoms with Gasteiger partial charge in [-0.2, -0.15) is 0 Å². The lowest BCUT2D eigenvalue weighted by atomic mass is 10.1. The van der Waals surface area contributed by atoms with E-state index in [-0.39, 0.29) is 24.5 Å². The summed E-state index contributed by atoms with van der Waals surface area (Å²) in [6, 6.07) is -0.216. The molecule has 1 heterocycles. The first kappa shape index (κ1) is 16.8. The van der Waals surface area contributed by atoms with E-state index >= 15 is 0 Å². The molecular weight excluding hydrogens is 260 g/mol. The molecule has 0 saturated carbocycles. The Kier molecular flexibility index (Phi) is 6.26. The number of nitrogens with zero attached hydrogens (tertiary/aromatic N) is 1. The number of rotatable bonds is 3. The summed E-state index contributed by atoms with van der Waals surface area (Å²) < 4.78 is 10.4. The third-order valence-corrected chi connectivity index (χ3v) is 2.91. The number of amides is 1. The third kappa shape index (κ3) is 5.77. The molecule has 1 saturated heterocycles. The molecule has 0 aliphatic carbocycles. The summed E-state index contributed by atoms with van der Waals surface area (Å²) in [7, 11) is 0. The molecule has 0 aromatic heterocycles. The Labute approximate surface area is 120 Å². The Bertz CT molecular complexity index is 339. The fraction of sp³-hybridized carbons (Fsp3) is 0.857. The van der Waals surface area contributed by atoms with Gasteiger partial charge >= 0.3 is 12.1 Å². The Morgan fingerprint density at radius 2 is 2.05 bits per heavy atom. The first-order valence-electron chi connectivity index (χ1n) is 7.19. The minimum atomic E-state index is -0.536. The number of hydrogen-bond donors (Lipinski definition) is 1. The summed E-state index contributed by atoms with van der Waals surface area (Å²) in [5.74, 6) is -0.283. The van der Waals surface area contributed by atoms with Crippen molar-refractivity contribution in [1.82, 2.24) is 10.2 Å². The molecule has 6 nitrogen and oxygen atoms in total. The summed E-state index contributed by atoms with van der Waals surface area (Å²) in [4.78, 5) is 25.5. The van der Waals surface area contributed by atoms with E-state index < -0.39 is 5.60 Å². The average Bonchev–Trinajstić information content (AvgIpc) is 2.52. The highest BCUT2D eigenvalue weighted by Gasteiger charge is 2.31. The van der Waals surface area contributed by atoms with Crippen molar-refractivity contribution >= 4 is 12.1 Å². The molecule has 6 heteroatoms. The van der Waals surface area contributed by atoms with Crippen LogP contribution in [0.3, 0.4) is 0 Å². The van der Waals surface area contributed by atoms with Crippen molar-refractivity contribution in [3.8, 4) is 0 Å². The van der Waals surface area contributed by atoms with Crippen molar-refractivity contribution in [3.05, 3.63) is 0 Å². The molecule has 0 bridgehead atoms. The van der Waals surface area contributed by atoms with Gasteiger partial charge in [0.2, 0.25) is 0 Å². The molecule has 1 amide bonds. The molecule has 0 radical (unpaired) electrons. The molecule has 0 spiro atoms. The topological polar surface area (TPSA) is 67.9 Å². The predicted molar refractivity (Wildman–Crippen MR) is 75.5 cm³/mol. The largest absolute Gasteiger partial charge is 0.466 e. The van der Waals surface area contributed by atoms with Crippen LogP contribution in [0.2, 0.25) is 0 Å². The smallest absolute Gasteiger partial charge is 0.410 e. The maximum absolute atomic E-state index is 12.2. The second-order valence-corrected chi connectivity index (χ2v) is 5.89. The van der Waals surface area contributed by atoms with Gasteiger partial charge < -0.3 is 19.7 Å². The maximum Gasteiger partial charge on any atom is 0.410 e. The molecule has 116 valence electrons. The molecule has 1 aliphatic heterocycles. The zero-order chi connectivity index (χ0) is 15.2. The van der Waals surface area contributed by atoms with Crippen LogP contribution in [0.15, 0.2) is 0 Å². The molecule has 0 aromatic carbocycles. The maximum atomic E-state index is 12.2. The molecule has 1 unspecified atom stereocenters. The summed E-state index contributed by atoms with van der Waals surface area (Å²) in [6.07, 6.45) is 0.675. The molecule has 1 rings (SSSR count). The summed E-state index contributed by atoms with van der Waals surface area (Å²) >= 11 is 0. The van der Waals surface area contributed by atoms with E-state index in [9.17, 15) is 9.59 Å². The first-order chi connectivity index (χ1) is 9.33. The van der Waals surface area contributed by atoms with Crippen LogP contribution in [0.25, 0.3) is 0 Å². The van der Waals surface area contributed by atoms with Crippen molar-refractivity contribution in [1.29, 1.82) is 0 Å². The Hall–Kier alpha value is -1.30. The second kappa shape index (κ2) is 7.47. The Morgan fingerprint density at radius 3 is 2.65 bits per heavy atom. The van der Waals surface area contributed by atoms with E-state index in [1.54, 1.807) is 11.8 Å². The summed E-state index contributed by atoms with van der Waals surface area (Å²) in [5, 5.41) is 3.24. The van der Waals surface area contributed by atoms with E-state index in [4.69, 9.17) is 9.47 Å². The second-order valence-electron chi connectivity index (χ2n) is 5.89. The zero-order valence-corrected chi connectivity index (χ0v) is 12.9. The Morgan fingerprint density at radius 1 is 1.35 bits per heavy atom. The lowest BCUT2D eigenvalue weighted by Gasteiger charge is -2.31. The zero-order valence-electron chi connectivity index (χ0n) is 12.9. The highest BCUT2D eigenvalue weighted by Crippen LogP contribution is 2.15. The molecule has 1 atom stereocenters. The van der Waals surface area contributed by atoms with Gasteiger partial charge in [0.15, 0.2) is 0 Å². The van der Waals surface area contributed by atoms with Gasteiger partial charge in [-0.25, -0.2) is 4.79 Å². The van der Waals surface area contributed by atoms with Gasteiger partial charge in [-0.05, 0) is 40.7 Å². The normalized spacial score (nSPS) is 20.2. The van der Waals surface area contributed by atoms with Crippen molar-refractivity contribution in [2.24, 2.45) is 0 Å². The van der Waals surface area contributed by atoms with Gasteiger partial charge in [-0.3, -0.25) is 4.79 Å². The highest BCUT2D eigenvalue weighted by atomic mass is 16.6. The molecule has 0 aromatic rings. The number of hydrogen-bond acceptors (Lipinski definition) is 5. The average molecular weight is 286 g/mol. The van der Waals surface area contributed by atoms with Gasteiger partial charge in [-0.1, -0.05) is 0 Å². The van der Waals surface area contributed by atoms with E-state index in [1.807, 2.05) is 20.8 Å². The molecule has 20 heavy (non-hydrogen) atoms. The van der Waals surface area contributed by atoms with Crippen LogP contribution in [0, 0.1) is 0 Å². The lowest BCUT2D eigenvalue weighted by molar-refractivity contribution is -0.144. The number of carbonyl (C=O) groups excluding carboxylic acids is 2. The molecule has 1 aliphatic rings. The third-order valence-electron chi connectivity index (χ3n) is 2.91. The molecule has 1 N–H and O–H groups in total. The van der Waals surface area contributed by atoms with Crippen LogP contribution in [0.1, 0.15) is 40.5 Å². The number of carbonyl (C=O) groups is 2. The van der Waals surface area contributed by atoms with Gasteiger partial charge in [0, 0.05) is 13.1 Å². The standard InChI is InChI=1S/C14H26N2O4/c1-5-19-12(17)9-11-10-15-7-6-8-16(11)13(18)20-14(2,3)4/h11,15H,5-10H2,1-4H3. The number of ether oxygens (including phenoxy) is 2. The fourth-order valence-electron chi connectivity index (χ4n) is 2.09. The highest BCUT2D eigenvalue weighted by molar-refractivity contribution is 5.73. The SMILES string of the molecule is CCOC(=O)CC1CNCCCN1C(=O)OC(C)(C)C. The van der Waals surface area contributed by atoms with Crippen molar-refractivity contribution in [3.63, 3.8) is 0 Å². The van der Waals surface area contributed by atoms with Gasteiger partial charge in [0.1, 0.15) is 5.60 Å². The van der Waals surface area contributed by atoms with E-state index in [2.05, 4.69) is 5.32 Å². The van der Waals surface area contributed by atoms with Gasteiger partial charge in [0.25, 0.3) is 0 Å². The minimum absolute atomic E-state index is 0.195. The van der Waals surface area contributed by atoms with Crippen LogP contribution in [0.5, 0.6) is 0 Å². The summed E-state index contributed by atoms with van der Waals surface area (Å²) in [5.41, 5.74) is -0.536. The van der Waals surface area contributed by atoms with Crippen LogP contribution in [-0.4, -0.2) is 54.8 Å². The van der Waals surface area contributed by atoms with Crippen LogP contribution in [-0.2, 0) is 14.3 Å². The minimum Gasteiger partial charge on any atom is -0.466 e. The monoisotopic (exact) mass is 286 g/mol. The molecular formula is C14H26N2O4. The first-order valence-corrected chi connectivity index (χ1v) is 7.19. The van der Waals surface area contributed by atoms with Crippen LogP contribution >= 0.6 is 0 Å². The quantitative estimate of drug-likeness (QED) is 0.797. The van der Waals surface area contributed by atoms with Crippen molar-refractivity contribution < 1.29 is 19.1 Å². The van der Waals surface area contributed by atoms with Gasteiger partial charge in [-0.15, -0.1) is 0 Å². The van der Waals surface area contributed by atoms with Crippen molar-refractivity contribution in [2.45, 2.75) is 52.2 Å². The van der Waals surface area contributed by atoms with Crippen molar-refractivity contribution in [2.75, 3.05) is 26.2 Å². The van der Waals surface area contributed by atoms with Crippen LogP contribution < -0.4 is 5.32 Å². The Balaban J connectivity index is 2.70. The lowest BCUT2D eigenvalue weighted by Crippen LogP contribution is -2.47. The van der Waals surface area contributed by atoms with Gasteiger partial charge in [0.05, 0.1) is 19.1 Å². The summed E-state index contributed by atoms with van der Waals surface area (Å²) in [6.45, 7) is 9.63. The van der Waals surface area contributed by atoms with E-state index in [0.717, 1.165) is 13.0 Å². The van der Waals surface area contributed by atoms with Crippen LogP contribution in [0.4, 0.5) is 4.79 Å². The number of nitrogens with one attached hydrogen (secondary N) is 1. The van der Waals surface area contributed by atoms with E-state index in [1.165, 1.54) is 0 Å². The predicted octanol–water partition coefficient (Wildman–Crippen LogP) is 1.54. The van der Waals surface area contributed by atoms with E-state index in [0.29, 0.717) is 19.7 Å².